The molecule has 9 heteroatoms. The van der Waals surface area contributed by atoms with Gasteiger partial charge < -0.3 is 19.5 Å². The molecule has 184 valence electrons. The Morgan fingerprint density at radius 1 is 1.06 bits per heavy atom. The number of hydrogen-bond donors (Lipinski definition) is 1. The third-order valence-corrected chi connectivity index (χ3v) is 7.17. The van der Waals surface area contributed by atoms with Crippen molar-refractivity contribution < 1.29 is 23.8 Å². The van der Waals surface area contributed by atoms with Crippen LogP contribution in [0, 0.1) is 0 Å². The van der Waals surface area contributed by atoms with Gasteiger partial charge >= 0.3 is 5.97 Å². The molecule has 0 unspecified atom stereocenters. The van der Waals surface area contributed by atoms with Gasteiger partial charge in [0.1, 0.15) is 5.00 Å². The predicted molar refractivity (Wildman–Crippen MR) is 132 cm³/mol. The zero-order valence-electron chi connectivity index (χ0n) is 20.1. The minimum absolute atomic E-state index is 0.0944. The van der Waals surface area contributed by atoms with E-state index in [0.717, 1.165) is 62.6 Å². The Morgan fingerprint density at radius 2 is 1.76 bits per heavy atom. The number of hydrogen-bond acceptors (Lipinski definition) is 8. The number of nitrogens with one attached hydrogen (secondary N) is 1. The number of methoxy groups -OCH3 is 2. The molecule has 1 aromatic carbocycles. The number of rotatable bonds is 10. The molecule has 1 aliphatic carbocycles. The Bertz CT molecular complexity index is 1010. The first-order valence-electron chi connectivity index (χ1n) is 11.8. The number of anilines is 1. The second-order valence-electron chi connectivity index (χ2n) is 8.68. The van der Waals surface area contributed by atoms with Crippen molar-refractivity contribution in [2.75, 3.05) is 58.9 Å². The molecule has 0 spiro atoms. The fraction of sp³-hybridized carbons (Fsp3) is 0.520. The molecule has 2 fully saturated rings. The smallest absolute Gasteiger partial charge is 0.341 e. The van der Waals surface area contributed by atoms with E-state index in [1.165, 1.54) is 16.9 Å². The summed E-state index contributed by atoms with van der Waals surface area (Å²) in [6, 6.07) is 5.99. The Morgan fingerprint density at radius 3 is 2.41 bits per heavy atom. The first-order chi connectivity index (χ1) is 16.5. The van der Waals surface area contributed by atoms with E-state index in [1.54, 1.807) is 21.1 Å². The summed E-state index contributed by atoms with van der Waals surface area (Å²) in [5.74, 6) is 1.44. The van der Waals surface area contributed by atoms with Gasteiger partial charge in [0.05, 0.1) is 32.9 Å². The first-order valence-corrected chi connectivity index (χ1v) is 12.6. The number of nitrogens with zero attached hydrogens (tertiary/aromatic N) is 2. The van der Waals surface area contributed by atoms with Crippen LogP contribution in [0.2, 0.25) is 0 Å². The molecule has 8 nitrogen and oxygen atoms in total. The Hall–Kier alpha value is -2.62. The van der Waals surface area contributed by atoms with E-state index < -0.39 is 0 Å². The van der Waals surface area contributed by atoms with E-state index in [2.05, 4.69) is 21.2 Å². The number of ether oxygens (including phenoxy) is 3. The minimum atomic E-state index is -0.343. The van der Waals surface area contributed by atoms with Crippen LogP contribution in [0.5, 0.6) is 11.5 Å². The second kappa shape index (κ2) is 11.2. The highest BCUT2D eigenvalue weighted by Crippen LogP contribution is 2.46. The summed E-state index contributed by atoms with van der Waals surface area (Å²) >= 11 is 1.42. The van der Waals surface area contributed by atoms with Crippen LogP contribution in [0.3, 0.4) is 0 Å². The van der Waals surface area contributed by atoms with Crippen molar-refractivity contribution in [3.05, 3.63) is 40.3 Å². The summed E-state index contributed by atoms with van der Waals surface area (Å²) in [6.45, 7) is 6.61. The molecule has 0 atom stereocenters. The lowest BCUT2D eigenvalue weighted by molar-refractivity contribution is -0.117. The van der Waals surface area contributed by atoms with Crippen molar-refractivity contribution in [2.24, 2.45) is 0 Å². The molecule has 1 saturated carbocycles. The number of amides is 1. The molecule has 2 heterocycles. The van der Waals surface area contributed by atoms with Crippen molar-refractivity contribution >= 4 is 28.2 Å². The molecule has 1 saturated heterocycles. The van der Waals surface area contributed by atoms with Crippen LogP contribution in [0.25, 0.3) is 0 Å². The molecule has 0 radical (unpaired) electrons. The van der Waals surface area contributed by atoms with E-state index in [1.807, 2.05) is 17.5 Å². The van der Waals surface area contributed by atoms with E-state index in [4.69, 9.17) is 14.2 Å². The van der Waals surface area contributed by atoms with Crippen LogP contribution >= 0.6 is 11.3 Å². The Kier molecular flexibility index (Phi) is 8.07. The number of thiophene rings is 1. The van der Waals surface area contributed by atoms with Crippen LogP contribution < -0.4 is 14.8 Å². The third-order valence-electron chi connectivity index (χ3n) is 6.26. The molecule has 2 aromatic rings. The lowest BCUT2D eigenvalue weighted by Crippen LogP contribution is -2.48. The predicted octanol–water partition coefficient (Wildman–Crippen LogP) is 3.58. The van der Waals surface area contributed by atoms with Crippen molar-refractivity contribution in [1.82, 2.24) is 9.80 Å². The Balaban J connectivity index is 1.29. The number of esters is 1. The highest BCUT2D eigenvalue weighted by Gasteiger charge is 2.32. The fourth-order valence-electron chi connectivity index (χ4n) is 4.28. The lowest BCUT2D eigenvalue weighted by atomic mass is 10.1. The SMILES string of the molecule is CCOC(=O)c1c(C2CC2)csc1NC(=O)CN1CCN(Cc2ccc(OC)c(OC)c2)CC1. The number of carbonyl (C=O) groups excluding carboxylic acids is 2. The maximum absolute atomic E-state index is 12.8. The van der Waals surface area contributed by atoms with E-state index in [0.29, 0.717) is 29.6 Å². The molecule has 0 bridgehead atoms. The van der Waals surface area contributed by atoms with Gasteiger partial charge in [0.15, 0.2) is 11.5 Å². The summed E-state index contributed by atoms with van der Waals surface area (Å²) in [5, 5.41) is 5.57. The van der Waals surface area contributed by atoms with E-state index in [-0.39, 0.29) is 11.9 Å². The molecule has 1 amide bonds. The zero-order valence-corrected chi connectivity index (χ0v) is 20.9. The van der Waals surface area contributed by atoms with E-state index >= 15 is 0 Å². The van der Waals surface area contributed by atoms with Gasteiger partial charge in [-0.05, 0) is 54.3 Å². The highest BCUT2D eigenvalue weighted by molar-refractivity contribution is 7.15. The molecular weight excluding hydrogens is 454 g/mol. The van der Waals surface area contributed by atoms with Crippen LogP contribution in [-0.4, -0.2) is 75.2 Å². The first kappa shape index (κ1) is 24.5. The normalized spacial score (nSPS) is 16.8. The minimum Gasteiger partial charge on any atom is -0.493 e. The molecular formula is C25H33N3O5S. The summed E-state index contributed by atoms with van der Waals surface area (Å²) in [5.41, 5.74) is 2.73. The van der Waals surface area contributed by atoms with E-state index in [9.17, 15) is 9.59 Å². The van der Waals surface area contributed by atoms with Gasteiger partial charge in [0, 0.05) is 32.7 Å². The van der Waals surface area contributed by atoms with Gasteiger partial charge in [-0.15, -0.1) is 11.3 Å². The molecule has 1 aliphatic heterocycles. The van der Waals surface area contributed by atoms with Crippen molar-refractivity contribution in [1.29, 1.82) is 0 Å². The maximum Gasteiger partial charge on any atom is 0.341 e. The molecule has 4 rings (SSSR count). The van der Waals surface area contributed by atoms with Gasteiger partial charge in [-0.2, -0.15) is 0 Å². The average Bonchev–Trinajstić information content (AvgIpc) is 3.60. The summed E-state index contributed by atoms with van der Waals surface area (Å²) in [7, 11) is 3.28. The van der Waals surface area contributed by atoms with Crippen LogP contribution in [0.1, 0.15) is 47.2 Å². The fourth-order valence-corrected chi connectivity index (χ4v) is 5.33. The topological polar surface area (TPSA) is 80.3 Å². The Labute approximate surface area is 204 Å². The van der Waals surface area contributed by atoms with Crippen molar-refractivity contribution in [3.8, 4) is 11.5 Å². The lowest BCUT2D eigenvalue weighted by Gasteiger charge is -2.34. The van der Waals surface area contributed by atoms with Gasteiger partial charge in [-0.1, -0.05) is 6.07 Å². The standard InChI is InChI=1S/C25H33N3O5S/c1-4-33-25(30)23-19(18-6-7-18)16-34-24(23)26-22(29)15-28-11-9-27(10-12-28)14-17-5-8-20(31-2)21(13-17)32-3/h5,8,13,16,18H,4,6-7,9-12,14-15H2,1-3H3,(H,26,29). The maximum atomic E-state index is 12.8. The molecule has 1 N–H and O–H groups in total. The molecule has 2 aliphatic rings. The largest absolute Gasteiger partial charge is 0.493 e. The zero-order chi connectivity index (χ0) is 24.1. The quantitative estimate of drug-likeness (QED) is 0.513. The van der Waals surface area contributed by atoms with Gasteiger partial charge in [-0.3, -0.25) is 14.6 Å². The average molecular weight is 488 g/mol. The van der Waals surface area contributed by atoms with Gasteiger partial charge in [0.2, 0.25) is 5.91 Å². The van der Waals surface area contributed by atoms with Crippen LogP contribution in [0.4, 0.5) is 5.00 Å². The van der Waals surface area contributed by atoms with Crippen molar-refractivity contribution in [2.45, 2.75) is 32.2 Å². The summed E-state index contributed by atoms with van der Waals surface area (Å²) in [6.07, 6.45) is 2.17. The second-order valence-corrected chi connectivity index (χ2v) is 9.56. The number of carbonyl (C=O) groups is 2. The molecule has 1 aromatic heterocycles. The summed E-state index contributed by atoms with van der Waals surface area (Å²) in [4.78, 5) is 29.8. The monoisotopic (exact) mass is 487 g/mol. The molecule has 34 heavy (non-hydrogen) atoms. The van der Waals surface area contributed by atoms with Crippen molar-refractivity contribution in [3.63, 3.8) is 0 Å². The summed E-state index contributed by atoms with van der Waals surface area (Å²) < 4.78 is 16.0. The number of benzene rings is 1. The van der Waals surface area contributed by atoms with Gasteiger partial charge in [-0.25, -0.2) is 4.79 Å². The highest BCUT2D eigenvalue weighted by atomic mass is 32.1. The third kappa shape index (κ3) is 5.89. The van der Waals surface area contributed by atoms with Crippen LogP contribution in [-0.2, 0) is 16.1 Å². The van der Waals surface area contributed by atoms with Crippen LogP contribution in [0.15, 0.2) is 23.6 Å². The number of piperazine rings is 1. The van der Waals surface area contributed by atoms with Gasteiger partial charge in [0.25, 0.3) is 0 Å².